The van der Waals surface area contributed by atoms with Crippen molar-refractivity contribution in [3.8, 4) is 67.2 Å². The fourth-order valence-electron chi connectivity index (χ4n) is 6.68. The van der Waals surface area contributed by atoms with Gasteiger partial charge in [-0.2, -0.15) is 0 Å². The maximum atomic E-state index is 5.36. The fourth-order valence-corrected chi connectivity index (χ4v) is 9.59. The van der Waals surface area contributed by atoms with Crippen molar-refractivity contribution in [3.05, 3.63) is 158 Å². The minimum atomic E-state index is -2.01. The zero-order chi connectivity index (χ0) is 30.4. The molecule has 3 heteroatoms. The van der Waals surface area contributed by atoms with Crippen LogP contribution in [0.25, 0.3) is 67.2 Å². The highest BCUT2D eigenvalue weighted by atomic mass is 28.3. The van der Waals surface area contributed by atoms with Crippen LogP contribution >= 0.6 is 0 Å². The molecule has 0 fully saturated rings. The highest BCUT2D eigenvalue weighted by Gasteiger charge is 2.41. The van der Waals surface area contributed by atoms with Gasteiger partial charge in [0, 0.05) is 22.0 Å². The molecule has 7 aromatic rings. The van der Waals surface area contributed by atoms with Gasteiger partial charge < -0.3 is 0 Å². The molecule has 1 aliphatic rings. The summed E-state index contributed by atoms with van der Waals surface area (Å²) >= 11 is 0. The van der Waals surface area contributed by atoms with Crippen molar-refractivity contribution in [1.29, 1.82) is 0 Å². The summed E-state index contributed by atoms with van der Waals surface area (Å²) in [4.78, 5) is 10.7. The first kappa shape index (κ1) is 27.2. The predicted octanol–water partition coefficient (Wildman–Crippen LogP) is 9.61. The first-order valence-electron chi connectivity index (χ1n) is 15.5. The molecular weight excluding hydrogens is 561 g/mol. The summed E-state index contributed by atoms with van der Waals surface area (Å²) in [5.41, 5.74) is 12.9. The van der Waals surface area contributed by atoms with Gasteiger partial charge >= 0.3 is 0 Å². The quantitative estimate of drug-likeness (QED) is 0.186. The summed E-state index contributed by atoms with van der Waals surface area (Å²) in [6, 6.07) is 56.3. The Bertz CT molecular complexity index is 2170. The van der Waals surface area contributed by atoms with Gasteiger partial charge in [-0.3, -0.25) is 0 Å². The van der Waals surface area contributed by atoms with Gasteiger partial charge in [-0.25, -0.2) is 9.97 Å². The minimum Gasteiger partial charge on any atom is -0.237 e. The molecule has 0 radical (unpaired) electrons. The van der Waals surface area contributed by atoms with Crippen molar-refractivity contribution in [2.45, 2.75) is 13.1 Å². The van der Waals surface area contributed by atoms with E-state index in [9.17, 15) is 0 Å². The van der Waals surface area contributed by atoms with E-state index in [0.717, 1.165) is 28.2 Å². The number of rotatable bonds is 5. The molecule has 0 aliphatic carbocycles. The average molecular weight is 593 g/mol. The summed E-state index contributed by atoms with van der Waals surface area (Å²) in [5.74, 6) is 0.787. The summed E-state index contributed by atoms with van der Waals surface area (Å²) in [6.45, 7) is 4.83. The molecule has 1 aromatic heterocycles. The highest BCUT2D eigenvalue weighted by Crippen LogP contribution is 2.37. The van der Waals surface area contributed by atoms with Crippen LogP contribution in [0.15, 0.2) is 158 Å². The largest absolute Gasteiger partial charge is 0.237 e. The molecule has 0 spiro atoms. The van der Waals surface area contributed by atoms with E-state index < -0.39 is 8.07 Å². The van der Waals surface area contributed by atoms with E-state index in [1.165, 1.54) is 49.4 Å². The first-order chi connectivity index (χ1) is 22.1. The zero-order valence-electron chi connectivity index (χ0n) is 25.4. The standard InChI is InChI=1S/C42H32N2Si/c1-45(2)38-22-10-9-21-37(38)39-40(32-15-7-4-8-16-32)43-41(44-42(39)45)36-20-12-19-35(28-36)34-18-11-17-33(27-34)31-25-23-30(24-26-31)29-13-5-3-6-14-29/h3-28H,1-2H3. The van der Waals surface area contributed by atoms with Crippen LogP contribution in [0.1, 0.15) is 0 Å². The van der Waals surface area contributed by atoms with Gasteiger partial charge in [0.05, 0.1) is 5.69 Å². The van der Waals surface area contributed by atoms with Crippen LogP contribution < -0.4 is 10.5 Å². The van der Waals surface area contributed by atoms with Crippen molar-refractivity contribution in [3.63, 3.8) is 0 Å². The van der Waals surface area contributed by atoms with Gasteiger partial charge in [0.1, 0.15) is 8.07 Å². The van der Waals surface area contributed by atoms with Gasteiger partial charge in [-0.15, -0.1) is 0 Å². The van der Waals surface area contributed by atoms with Crippen LogP contribution in [0.5, 0.6) is 0 Å². The van der Waals surface area contributed by atoms with Crippen LogP contribution in [0.3, 0.4) is 0 Å². The van der Waals surface area contributed by atoms with Crippen molar-refractivity contribution in [2.24, 2.45) is 0 Å². The van der Waals surface area contributed by atoms with E-state index in [-0.39, 0.29) is 0 Å². The lowest BCUT2D eigenvalue weighted by Gasteiger charge is -2.19. The minimum absolute atomic E-state index is 0.787. The molecule has 0 bridgehead atoms. The molecule has 0 amide bonds. The van der Waals surface area contributed by atoms with E-state index in [2.05, 4.69) is 171 Å². The molecule has 0 saturated heterocycles. The Morgan fingerprint density at radius 3 is 1.53 bits per heavy atom. The number of fused-ring (bicyclic) bond motifs is 3. The summed E-state index contributed by atoms with van der Waals surface area (Å²) in [6.07, 6.45) is 0. The van der Waals surface area contributed by atoms with Crippen LogP contribution in [-0.4, -0.2) is 18.0 Å². The van der Waals surface area contributed by atoms with Crippen LogP contribution in [0.2, 0.25) is 13.1 Å². The van der Waals surface area contributed by atoms with E-state index in [1.54, 1.807) is 0 Å². The molecule has 6 aromatic carbocycles. The van der Waals surface area contributed by atoms with Crippen molar-refractivity contribution < 1.29 is 0 Å². The maximum absolute atomic E-state index is 5.36. The van der Waals surface area contributed by atoms with Gasteiger partial charge in [-0.1, -0.05) is 159 Å². The Balaban J connectivity index is 1.20. The second-order valence-corrected chi connectivity index (χ2v) is 16.5. The molecule has 214 valence electrons. The topological polar surface area (TPSA) is 25.8 Å². The lowest BCUT2D eigenvalue weighted by Crippen LogP contribution is -2.50. The third-order valence-electron chi connectivity index (χ3n) is 9.06. The van der Waals surface area contributed by atoms with Gasteiger partial charge in [0.15, 0.2) is 5.82 Å². The Kier molecular flexibility index (Phi) is 6.62. The molecule has 0 unspecified atom stereocenters. The second-order valence-electron chi connectivity index (χ2n) is 12.3. The molecule has 0 N–H and O–H groups in total. The number of hydrogen-bond acceptors (Lipinski definition) is 2. The van der Waals surface area contributed by atoms with E-state index in [4.69, 9.17) is 9.97 Å². The summed E-state index contributed by atoms with van der Waals surface area (Å²) < 4.78 is 0. The predicted molar refractivity (Wildman–Crippen MR) is 191 cm³/mol. The van der Waals surface area contributed by atoms with Crippen molar-refractivity contribution in [2.75, 3.05) is 0 Å². The molecule has 2 nitrogen and oxygen atoms in total. The molecule has 0 saturated carbocycles. The summed E-state index contributed by atoms with van der Waals surface area (Å²) in [5, 5.41) is 2.66. The zero-order valence-corrected chi connectivity index (χ0v) is 26.4. The monoisotopic (exact) mass is 592 g/mol. The number of aromatic nitrogens is 2. The smallest absolute Gasteiger partial charge is 0.159 e. The number of nitrogens with zero attached hydrogens (tertiary/aromatic N) is 2. The highest BCUT2D eigenvalue weighted by molar-refractivity contribution is 7.03. The van der Waals surface area contributed by atoms with E-state index in [0.29, 0.717) is 0 Å². The van der Waals surface area contributed by atoms with Crippen molar-refractivity contribution in [1.82, 2.24) is 9.97 Å². The Morgan fingerprint density at radius 1 is 0.400 bits per heavy atom. The SMILES string of the molecule is C[Si]1(C)c2ccccc2-c2c(-c3ccccc3)nc(-c3cccc(-c4cccc(-c5ccc(-c6ccccc6)cc5)c4)c3)nc21. The third-order valence-corrected chi connectivity index (χ3v) is 12.4. The molecule has 45 heavy (non-hydrogen) atoms. The van der Waals surface area contributed by atoms with Crippen molar-refractivity contribution >= 4 is 18.6 Å². The van der Waals surface area contributed by atoms with Gasteiger partial charge in [0.2, 0.25) is 0 Å². The summed E-state index contributed by atoms with van der Waals surface area (Å²) in [7, 11) is -2.01. The van der Waals surface area contributed by atoms with Crippen LogP contribution in [0.4, 0.5) is 0 Å². The Morgan fingerprint density at radius 2 is 0.867 bits per heavy atom. The fraction of sp³-hybridized carbons (Fsp3) is 0.0476. The second kappa shape index (κ2) is 11.0. The third kappa shape index (κ3) is 4.82. The Labute approximate surface area is 265 Å². The van der Waals surface area contributed by atoms with Crippen LogP contribution in [-0.2, 0) is 0 Å². The van der Waals surface area contributed by atoms with Gasteiger partial charge in [0.25, 0.3) is 0 Å². The number of hydrogen-bond donors (Lipinski definition) is 0. The van der Waals surface area contributed by atoms with Gasteiger partial charge in [-0.05, 0) is 56.3 Å². The lowest BCUT2D eigenvalue weighted by molar-refractivity contribution is 1.21. The molecule has 2 heterocycles. The normalized spacial score (nSPS) is 12.8. The van der Waals surface area contributed by atoms with E-state index >= 15 is 0 Å². The van der Waals surface area contributed by atoms with E-state index in [1.807, 2.05) is 0 Å². The lowest BCUT2D eigenvalue weighted by atomic mass is 9.96. The molecule has 1 aliphatic heterocycles. The molecular formula is C42H32N2Si. The van der Waals surface area contributed by atoms with Crippen LogP contribution in [0, 0.1) is 0 Å². The average Bonchev–Trinajstić information content (AvgIpc) is 3.35. The molecule has 8 rings (SSSR count). The Hall–Kier alpha value is -5.38. The maximum Gasteiger partial charge on any atom is 0.159 e. The first-order valence-corrected chi connectivity index (χ1v) is 18.5. The number of benzene rings is 6. The molecule has 0 atom stereocenters.